The number of sulfonamides is 1. The van der Waals surface area contributed by atoms with Crippen molar-refractivity contribution in [3.63, 3.8) is 0 Å². The number of benzene rings is 1. The molecule has 2 rings (SSSR count). The highest BCUT2D eigenvalue weighted by atomic mass is 35.5. The lowest BCUT2D eigenvalue weighted by Crippen LogP contribution is -2.36. The number of halogens is 3. The third-order valence-electron chi connectivity index (χ3n) is 3.00. The second-order valence-electron chi connectivity index (χ2n) is 4.14. The molecule has 0 spiro atoms. The Morgan fingerprint density at radius 3 is 2.61 bits per heavy atom. The van der Waals surface area contributed by atoms with Gasteiger partial charge in [0.25, 0.3) is 0 Å². The Balaban J connectivity index is 2.38. The van der Waals surface area contributed by atoms with E-state index >= 15 is 0 Å². The van der Waals surface area contributed by atoms with Crippen LogP contribution < -0.4 is 0 Å². The van der Waals surface area contributed by atoms with Gasteiger partial charge in [0, 0.05) is 18.5 Å². The normalized spacial score (nSPS) is 21.4. The zero-order valence-electron chi connectivity index (χ0n) is 9.44. The van der Waals surface area contributed by atoms with Crippen LogP contribution in [-0.4, -0.2) is 31.2 Å². The highest BCUT2D eigenvalue weighted by molar-refractivity contribution is 7.89. The van der Waals surface area contributed by atoms with E-state index in [1.165, 1.54) is 22.5 Å². The maximum atomic E-state index is 12.4. The zero-order chi connectivity index (χ0) is 13.3. The second-order valence-corrected chi connectivity index (χ2v) is 7.16. The molecular weight excluding hydrogens is 317 g/mol. The molecule has 1 saturated heterocycles. The topological polar surface area (TPSA) is 37.4 Å². The Hall–Kier alpha value is -0.000000000000000111. The molecule has 0 bridgehead atoms. The van der Waals surface area contributed by atoms with Crippen LogP contribution in [0.25, 0.3) is 0 Å². The molecule has 1 unspecified atom stereocenters. The molecular formula is C11H12Cl3NO2S. The Morgan fingerprint density at radius 2 is 2.00 bits per heavy atom. The molecule has 1 aliphatic rings. The fourth-order valence-corrected chi connectivity index (χ4v) is 4.54. The van der Waals surface area contributed by atoms with E-state index in [4.69, 9.17) is 34.8 Å². The summed E-state index contributed by atoms with van der Waals surface area (Å²) < 4.78 is 26.3. The number of hydrogen-bond donors (Lipinski definition) is 0. The van der Waals surface area contributed by atoms with Crippen molar-refractivity contribution in [3.05, 3.63) is 28.2 Å². The standard InChI is InChI=1S/C11H12Cl3NO2S/c12-7-8-2-1-5-15(8)18(16,17)9-3-4-10(13)11(14)6-9/h3-4,6,8H,1-2,5,7H2. The maximum Gasteiger partial charge on any atom is 0.243 e. The van der Waals surface area contributed by atoms with Crippen LogP contribution in [0.4, 0.5) is 0 Å². The van der Waals surface area contributed by atoms with E-state index in [-0.39, 0.29) is 16.0 Å². The van der Waals surface area contributed by atoms with Gasteiger partial charge in [-0.25, -0.2) is 8.42 Å². The molecule has 1 heterocycles. The number of nitrogens with zero attached hydrogens (tertiary/aromatic N) is 1. The smallest absolute Gasteiger partial charge is 0.207 e. The van der Waals surface area contributed by atoms with Crippen molar-refractivity contribution in [2.75, 3.05) is 12.4 Å². The minimum atomic E-state index is -3.53. The van der Waals surface area contributed by atoms with Crippen molar-refractivity contribution in [1.82, 2.24) is 4.31 Å². The van der Waals surface area contributed by atoms with Crippen molar-refractivity contribution < 1.29 is 8.42 Å². The van der Waals surface area contributed by atoms with Gasteiger partial charge in [-0.05, 0) is 31.0 Å². The molecule has 1 aromatic rings. The maximum absolute atomic E-state index is 12.4. The van der Waals surface area contributed by atoms with Crippen LogP contribution in [0.15, 0.2) is 23.1 Å². The van der Waals surface area contributed by atoms with E-state index in [9.17, 15) is 8.42 Å². The molecule has 7 heteroatoms. The first-order valence-electron chi connectivity index (χ1n) is 5.49. The van der Waals surface area contributed by atoms with Crippen LogP contribution in [-0.2, 0) is 10.0 Å². The van der Waals surface area contributed by atoms with Crippen molar-refractivity contribution in [1.29, 1.82) is 0 Å². The largest absolute Gasteiger partial charge is 0.243 e. The van der Waals surface area contributed by atoms with Gasteiger partial charge in [-0.1, -0.05) is 23.2 Å². The summed E-state index contributed by atoms with van der Waals surface area (Å²) in [7, 11) is -3.53. The monoisotopic (exact) mass is 327 g/mol. The highest BCUT2D eigenvalue weighted by Crippen LogP contribution is 2.30. The van der Waals surface area contributed by atoms with Gasteiger partial charge in [0.1, 0.15) is 0 Å². The van der Waals surface area contributed by atoms with Crippen molar-refractivity contribution in [2.45, 2.75) is 23.8 Å². The summed E-state index contributed by atoms with van der Waals surface area (Å²) in [6, 6.07) is 4.20. The summed E-state index contributed by atoms with van der Waals surface area (Å²) in [6.07, 6.45) is 1.63. The molecule has 3 nitrogen and oxygen atoms in total. The van der Waals surface area contributed by atoms with Gasteiger partial charge in [0.15, 0.2) is 0 Å². The quantitative estimate of drug-likeness (QED) is 0.798. The Kier molecular flexibility index (Phi) is 4.44. The summed E-state index contributed by atoms with van der Waals surface area (Å²) in [5, 5.41) is 0.574. The van der Waals surface area contributed by atoms with Gasteiger partial charge in [-0.15, -0.1) is 11.6 Å². The van der Waals surface area contributed by atoms with E-state index in [1.807, 2.05) is 0 Å². The highest BCUT2D eigenvalue weighted by Gasteiger charge is 2.34. The minimum Gasteiger partial charge on any atom is -0.207 e. The van der Waals surface area contributed by atoms with Gasteiger partial charge in [-0.3, -0.25) is 0 Å². The first-order valence-corrected chi connectivity index (χ1v) is 8.22. The summed E-state index contributed by atoms with van der Waals surface area (Å²) >= 11 is 17.4. The molecule has 100 valence electrons. The lowest BCUT2D eigenvalue weighted by atomic mass is 10.3. The number of hydrogen-bond acceptors (Lipinski definition) is 2. The minimum absolute atomic E-state index is 0.133. The summed E-state index contributed by atoms with van der Waals surface area (Å²) in [4.78, 5) is 0.161. The SMILES string of the molecule is O=S(=O)(c1ccc(Cl)c(Cl)c1)N1CCCC1CCl. The Morgan fingerprint density at radius 1 is 1.28 bits per heavy atom. The molecule has 0 radical (unpaired) electrons. The summed E-state index contributed by atoms with van der Waals surface area (Å²) in [5.41, 5.74) is 0. The fourth-order valence-electron chi connectivity index (χ4n) is 2.05. The van der Waals surface area contributed by atoms with Crippen molar-refractivity contribution in [3.8, 4) is 0 Å². The van der Waals surface area contributed by atoms with Gasteiger partial charge >= 0.3 is 0 Å². The van der Waals surface area contributed by atoms with Crippen LogP contribution in [0, 0.1) is 0 Å². The summed E-state index contributed by atoms with van der Waals surface area (Å²) in [5.74, 6) is 0.306. The predicted octanol–water partition coefficient (Wildman–Crippen LogP) is 3.39. The molecule has 0 N–H and O–H groups in total. The van der Waals surface area contributed by atoms with E-state index in [0.717, 1.165) is 12.8 Å². The molecule has 18 heavy (non-hydrogen) atoms. The third kappa shape index (κ3) is 2.63. The van der Waals surface area contributed by atoms with E-state index < -0.39 is 10.0 Å². The van der Waals surface area contributed by atoms with Crippen LogP contribution in [0.3, 0.4) is 0 Å². The molecule has 1 aromatic carbocycles. The van der Waals surface area contributed by atoms with E-state index in [1.54, 1.807) is 0 Å². The lowest BCUT2D eigenvalue weighted by molar-refractivity contribution is 0.411. The molecule has 0 aliphatic carbocycles. The molecule has 0 amide bonds. The first kappa shape index (κ1) is 14.4. The Bertz CT molecular complexity index is 547. The van der Waals surface area contributed by atoms with Crippen LogP contribution >= 0.6 is 34.8 Å². The molecule has 1 aliphatic heterocycles. The van der Waals surface area contributed by atoms with Crippen LogP contribution in [0.1, 0.15) is 12.8 Å². The van der Waals surface area contributed by atoms with E-state index in [2.05, 4.69) is 0 Å². The molecule has 0 aromatic heterocycles. The van der Waals surface area contributed by atoms with E-state index in [0.29, 0.717) is 17.4 Å². The lowest BCUT2D eigenvalue weighted by Gasteiger charge is -2.22. The second kappa shape index (κ2) is 5.55. The molecule has 1 atom stereocenters. The van der Waals surface area contributed by atoms with Crippen molar-refractivity contribution in [2.24, 2.45) is 0 Å². The average molecular weight is 329 g/mol. The molecule has 1 fully saturated rings. The molecule has 0 saturated carbocycles. The third-order valence-corrected chi connectivity index (χ3v) is 6.04. The van der Waals surface area contributed by atoms with Gasteiger partial charge in [0.2, 0.25) is 10.0 Å². The first-order chi connectivity index (χ1) is 8.46. The van der Waals surface area contributed by atoms with Gasteiger partial charge in [-0.2, -0.15) is 4.31 Å². The van der Waals surface area contributed by atoms with Gasteiger partial charge < -0.3 is 0 Å². The van der Waals surface area contributed by atoms with Gasteiger partial charge in [0.05, 0.1) is 14.9 Å². The fraction of sp³-hybridized carbons (Fsp3) is 0.455. The zero-order valence-corrected chi connectivity index (χ0v) is 12.5. The Labute approximate surface area is 122 Å². The van der Waals surface area contributed by atoms with Crippen LogP contribution in [0.2, 0.25) is 10.0 Å². The van der Waals surface area contributed by atoms with Crippen molar-refractivity contribution >= 4 is 44.8 Å². The average Bonchev–Trinajstić information content (AvgIpc) is 2.81. The summed E-state index contributed by atoms with van der Waals surface area (Å²) in [6.45, 7) is 0.500. The predicted molar refractivity (Wildman–Crippen MR) is 74.1 cm³/mol. The number of alkyl halides is 1. The van der Waals surface area contributed by atoms with Crippen LogP contribution in [0.5, 0.6) is 0 Å². The number of rotatable bonds is 3.